The molecule has 1 aromatic rings. The Morgan fingerprint density at radius 1 is 1.31 bits per heavy atom. The zero-order valence-electron chi connectivity index (χ0n) is 14.5. The number of alkyl halides is 3. The Balaban J connectivity index is 2.67. The van der Waals surface area contributed by atoms with Crippen molar-refractivity contribution in [1.82, 2.24) is 5.32 Å². The number of carboxylic acid groups (broad SMARTS) is 1. The molecule has 146 valence electrons. The maximum absolute atomic E-state index is 12.8. The van der Waals surface area contributed by atoms with E-state index in [9.17, 15) is 22.8 Å². The fourth-order valence-electron chi connectivity index (χ4n) is 2.40. The third-order valence-electron chi connectivity index (χ3n) is 3.68. The minimum atomic E-state index is -4.62. The Hall–Kier alpha value is -1.80. The van der Waals surface area contributed by atoms with Gasteiger partial charge in [0, 0.05) is 18.2 Å². The highest BCUT2D eigenvalue weighted by molar-refractivity contribution is 6.31. The summed E-state index contributed by atoms with van der Waals surface area (Å²) in [5, 5.41) is 13.9. The first kappa shape index (κ1) is 22.2. The number of hydrogen-bond donors (Lipinski definition) is 3. The average Bonchev–Trinajstić information content (AvgIpc) is 2.51. The van der Waals surface area contributed by atoms with Crippen LogP contribution < -0.4 is 10.6 Å². The molecule has 0 radical (unpaired) electrons. The van der Waals surface area contributed by atoms with E-state index in [1.54, 1.807) is 6.92 Å². The number of nitrogens with one attached hydrogen (secondary N) is 2. The van der Waals surface area contributed by atoms with Crippen molar-refractivity contribution >= 4 is 29.2 Å². The molecule has 5 nitrogen and oxygen atoms in total. The monoisotopic (exact) mass is 394 g/mol. The number of carbonyl (C=O) groups excluding carboxylic acids is 1. The molecule has 0 aliphatic carbocycles. The second-order valence-corrected chi connectivity index (χ2v) is 6.45. The standard InChI is InChI=1S/C17H22ClF3N2O3/c1-3-4-5-14(16(25)26)22-10(2)8-15(24)23-11-6-7-13(18)12(9-11)17(19,20)21/h6-7,9-10,14,22H,3-5,8H2,1-2H3,(H,23,24)(H,25,26). The van der Waals surface area contributed by atoms with Crippen LogP contribution in [0.2, 0.25) is 5.02 Å². The maximum Gasteiger partial charge on any atom is 0.417 e. The lowest BCUT2D eigenvalue weighted by Crippen LogP contribution is -2.43. The van der Waals surface area contributed by atoms with E-state index in [0.717, 1.165) is 25.0 Å². The van der Waals surface area contributed by atoms with Crippen LogP contribution in [0.5, 0.6) is 0 Å². The molecule has 0 spiro atoms. The van der Waals surface area contributed by atoms with Crippen LogP contribution >= 0.6 is 11.6 Å². The van der Waals surface area contributed by atoms with Crippen LogP contribution in [-0.4, -0.2) is 29.1 Å². The van der Waals surface area contributed by atoms with Crippen molar-refractivity contribution in [1.29, 1.82) is 0 Å². The molecule has 26 heavy (non-hydrogen) atoms. The minimum absolute atomic E-state index is 0.0281. The fourth-order valence-corrected chi connectivity index (χ4v) is 2.62. The van der Waals surface area contributed by atoms with Crippen LogP contribution in [-0.2, 0) is 15.8 Å². The first-order chi connectivity index (χ1) is 12.0. The molecule has 0 bridgehead atoms. The molecule has 0 aromatic heterocycles. The minimum Gasteiger partial charge on any atom is -0.480 e. The zero-order valence-corrected chi connectivity index (χ0v) is 15.2. The van der Waals surface area contributed by atoms with Crippen molar-refractivity contribution in [3.63, 3.8) is 0 Å². The summed E-state index contributed by atoms with van der Waals surface area (Å²) in [5.74, 6) is -1.53. The lowest BCUT2D eigenvalue weighted by molar-refractivity contribution is -0.140. The van der Waals surface area contributed by atoms with Crippen LogP contribution in [0.1, 0.15) is 45.1 Å². The Bertz CT molecular complexity index is 638. The van der Waals surface area contributed by atoms with E-state index in [1.807, 2.05) is 6.92 Å². The molecule has 1 amide bonds. The molecule has 0 aliphatic heterocycles. The molecule has 1 rings (SSSR count). The van der Waals surface area contributed by atoms with E-state index in [2.05, 4.69) is 10.6 Å². The maximum atomic E-state index is 12.8. The molecule has 0 saturated carbocycles. The molecule has 9 heteroatoms. The van der Waals surface area contributed by atoms with Gasteiger partial charge >= 0.3 is 12.1 Å². The Labute approximate surface area is 154 Å². The number of carbonyl (C=O) groups is 2. The first-order valence-corrected chi connectivity index (χ1v) is 8.57. The average molecular weight is 395 g/mol. The third kappa shape index (κ3) is 7.21. The number of unbranched alkanes of at least 4 members (excludes halogenated alkanes) is 1. The van der Waals surface area contributed by atoms with Gasteiger partial charge in [0.1, 0.15) is 6.04 Å². The lowest BCUT2D eigenvalue weighted by atomic mass is 10.1. The van der Waals surface area contributed by atoms with Crippen LogP contribution in [0, 0.1) is 0 Å². The van der Waals surface area contributed by atoms with E-state index in [4.69, 9.17) is 16.7 Å². The molecule has 0 aliphatic rings. The van der Waals surface area contributed by atoms with Crippen LogP contribution in [0.15, 0.2) is 18.2 Å². The smallest absolute Gasteiger partial charge is 0.417 e. The highest BCUT2D eigenvalue weighted by Crippen LogP contribution is 2.36. The summed E-state index contributed by atoms with van der Waals surface area (Å²) in [5.41, 5.74) is -1.06. The second-order valence-electron chi connectivity index (χ2n) is 6.05. The fraction of sp³-hybridized carbons (Fsp3) is 0.529. The highest BCUT2D eigenvalue weighted by Gasteiger charge is 2.33. The molecular formula is C17H22ClF3N2O3. The number of halogens is 4. The van der Waals surface area contributed by atoms with E-state index >= 15 is 0 Å². The van der Waals surface area contributed by atoms with Gasteiger partial charge in [-0.15, -0.1) is 0 Å². The first-order valence-electron chi connectivity index (χ1n) is 8.20. The predicted molar refractivity (Wildman–Crippen MR) is 93.2 cm³/mol. The van der Waals surface area contributed by atoms with E-state index < -0.39 is 40.7 Å². The molecule has 0 saturated heterocycles. The van der Waals surface area contributed by atoms with Crippen molar-refractivity contribution in [3.05, 3.63) is 28.8 Å². The lowest BCUT2D eigenvalue weighted by Gasteiger charge is -2.20. The number of carboxylic acids is 1. The number of aliphatic carboxylic acids is 1. The second kappa shape index (κ2) is 9.78. The molecule has 2 atom stereocenters. The van der Waals surface area contributed by atoms with Gasteiger partial charge in [0.15, 0.2) is 0 Å². The van der Waals surface area contributed by atoms with Crippen molar-refractivity contribution < 1.29 is 27.9 Å². The largest absolute Gasteiger partial charge is 0.480 e. The normalized spacial score (nSPS) is 13.9. The Kier molecular flexibility index (Phi) is 8.36. The SMILES string of the molecule is CCCCC(NC(C)CC(=O)Nc1ccc(Cl)c(C(F)(F)F)c1)C(=O)O. The van der Waals surface area contributed by atoms with E-state index in [0.29, 0.717) is 6.42 Å². The van der Waals surface area contributed by atoms with Gasteiger partial charge < -0.3 is 15.7 Å². The summed E-state index contributed by atoms with van der Waals surface area (Å²) in [4.78, 5) is 23.2. The summed E-state index contributed by atoms with van der Waals surface area (Å²) >= 11 is 5.53. The molecule has 2 unspecified atom stereocenters. The van der Waals surface area contributed by atoms with Gasteiger partial charge in [0.05, 0.1) is 10.6 Å². The van der Waals surface area contributed by atoms with Crippen LogP contribution in [0.4, 0.5) is 18.9 Å². The zero-order chi connectivity index (χ0) is 19.9. The molecule has 3 N–H and O–H groups in total. The summed E-state index contributed by atoms with van der Waals surface area (Å²) in [7, 11) is 0. The van der Waals surface area contributed by atoms with Gasteiger partial charge in [-0.25, -0.2) is 0 Å². The van der Waals surface area contributed by atoms with Crippen molar-refractivity contribution in [3.8, 4) is 0 Å². The molecule has 1 aromatic carbocycles. The Morgan fingerprint density at radius 2 is 1.96 bits per heavy atom. The molecule has 0 fully saturated rings. The van der Waals surface area contributed by atoms with Crippen molar-refractivity contribution in [2.45, 2.75) is 57.8 Å². The van der Waals surface area contributed by atoms with Gasteiger partial charge in [-0.3, -0.25) is 9.59 Å². The summed E-state index contributed by atoms with van der Waals surface area (Å²) in [6.45, 7) is 3.58. The number of anilines is 1. The van der Waals surface area contributed by atoms with Gasteiger partial charge in [-0.05, 0) is 31.5 Å². The predicted octanol–water partition coefficient (Wildman–Crippen LogP) is 4.31. The number of hydrogen-bond acceptors (Lipinski definition) is 3. The van der Waals surface area contributed by atoms with Gasteiger partial charge in [0.2, 0.25) is 5.91 Å². The van der Waals surface area contributed by atoms with Crippen molar-refractivity contribution in [2.24, 2.45) is 0 Å². The number of rotatable bonds is 9. The number of amides is 1. The summed E-state index contributed by atoms with van der Waals surface area (Å²) in [6.07, 6.45) is -2.70. The van der Waals surface area contributed by atoms with Gasteiger partial charge in [0.25, 0.3) is 0 Å². The van der Waals surface area contributed by atoms with Crippen LogP contribution in [0.3, 0.4) is 0 Å². The quantitative estimate of drug-likeness (QED) is 0.583. The summed E-state index contributed by atoms with van der Waals surface area (Å²) in [6, 6.07) is 1.87. The number of benzene rings is 1. The van der Waals surface area contributed by atoms with Crippen LogP contribution in [0.25, 0.3) is 0 Å². The summed E-state index contributed by atoms with van der Waals surface area (Å²) < 4.78 is 38.5. The molecule has 0 heterocycles. The highest BCUT2D eigenvalue weighted by atomic mass is 35.5. The molecular weight excluding hydrogens is 373 g/mol. The Morgan fingerprint density at radius 3 is 2.50 bits per heavy atom. The van der Waals surface area contributed by atoms with E-state index in [1.165, 1.54) is 6.07 Å². The third-order valence-corrected chi connectivity index (χ3v) is 4.01. The van der Waals surface area contributed by atoms with Gasteiger partial charge in [-0.1, -0.05) is 31.4 Å². The van der Waals surface area contributed by atoms with Gasteiger partial charge in [-0.2, -0.15) is 13.2 Å². The van der Waals surface area contributed by atoms with Crippen molar-refractivity contribution in [2.75, 3.05) is 5.32 Å². The topological polar surface area (TPSA) is 78.4 Å². The van der Waals surface area contributed by atoms with E-state index in [-0.39, 0.29) is 12.1 Å².